The largest absolute Gasteiger partial charge is 0.395 e. The fourth-order valence-corrected chi connectivity index (χ4v) is 2.54. The van der Waals surface area contributed by atoms with Crippen molar-refractivity contribution in [2.75, 3.05) is 19.8 Å². The van der Waals surface area contributed by atoms with Crippen molar-refractivity contribution < 1.29 is 15.1 Å². The highest BCUT2D eigenvalue weighted by Crippen LogP contribution is 2.24. The van der Waals surface area contributed by atoms with E-state index in [1.807, 2.05) is 35.2 Å². The third-order valence-corrected chi connectivity index (χ3v) is 3.72. The minimum atomic E-state index is -0.451. The molecule has 0 fully saturated rings. The van der Waals surface area contributed by atoms with Gasteiger partial charge in [-0.2, -0.15) is 0 Å². The fraction of sp³-hybridized carbons (Fsp3) is 0.294. The van der Waals surface area contributed by atoms with Gasteiger partial charge in [-0.3, -0.25) is 15.0 Å². The molecule has 122 valence electrons. The van der Waals surface area contributed by atoms with Crippen molar-refractivity contribution in [1.82, 2.24) is 4.90 Å². The second-order valence-corrected chi connectivity index (χ2v) is 5.23. The van der Waals surface area contributed by atoms with Gasteiger partial charge >= 0.3 is 0 Å². The Morgan fingerprint density at radius 1 is 1.04 bits per heavy atom. The lowest BCUT2D eigenvalue weighted by molar-refractivity contribution is -0.384. The molecule has 0 bridgehead atoms. The molecule has 0 spiro atoms. The smallest absolute Gasteiger partial charge is 0.269 e. The van der Waals surface area contributed by atoms with E-state index in [-0.39, 0.29) is 24.9 Å². The summed E-state index contributed by atoms with van der Waals surface area (Å²) in [5.41, 5.74) is 1.87. The van der Waals surface area contributed by atoms with Gasteiger partial charge in [-0.25, -0.2) is 0 Å². The molecule has 6 nitrogen and oxygen atoms in total. The Balaban J connectivity index is 2.21. The van der Waals surface area contributed by atoms with Crippen LogP contribution in [0.25, 0.3) is 0 Å². The number of non-ortho nitro benzene ring substituents is 1. The Bertz CT molecular complexity index is 616. The lowest BCUT2D eigenvalue weighted by atomic mass is 10.0. The van der Waals surface area contributed by atoms with Crippen molar-refractivity contribution in [3.05, 3.63) is 75.8 Å². The molecule has 0 saturated heterocycles. The lowest BCUT2D eigenvalue weighted by Crippen LogP contribution is -2.33. The van der Waals surface area contributed by atoms with Gasteiger partial charge < -0.3 is 10.2 Å². The van der Waals surface area contributed by atoms with Gasteiger partial charge in [-0.1, -0.05) is 42.5 Å². The van der Waals surface area contributed by atoms with Crippen LogP contribution in [0.15, 0.2) is 54.6 Å². The van der Waals surface area contributed by atoms with Gasteiger partial charge in [0.2, 0.25) is 0 Å². The van der Waals surface area contributed by atoms with E-state index in [2.05, 4.69) is 0 Å². The maximum Gasteiger partial charge on any atom is 0.269 e. The van der Waals surface area contributed by atoms with Crippen LogP contribution in [0.1, 0.15) is 17.2 Å². The molecular formula is C17H20N2O4. The molecule has 0 aliphatic heterocycles. The van der Waals surface area contributed by atoms with E-state index in [0.717, 1.165) is 11.1 Å². The predicted molar refractivity (Wildman–Crippen MR) is 86.9 cm³/mol. The van der Waals surface area contributed by atoms with Crippen LogP contribution in [0.3, 0.4) is 0 Å². The zero-order valence-electron chi connectivity index (χ0n) is 12.7. The molecule has 0 unspecified atom stereocenters. The Kier molecular flexibility index (Phi) is 6.22. The van der Waals surface area contributed by atoms with Crippen LogP contribution in [-0.2, 0) is 6.54 Å². The first kappa shape index (κ1) is 17.1. The molecule has 2 N–H and O–H groups in total. The Labute approximate surface area is 134 Å². The van der Waals surface area contributed by atoms with E-state index in [4.69, 9.17) is 0 Å². The number of benzene rings is 2. The van der Waals surface area contributed by atoms with Gasteiger partial charge in [-0.05, 0) is 11.1 Å². The summed E-state index contributed by atoms with van der Waals surface area (Å²) in [6, 6.07) is 15.6. The van der Waals surface area contributed by atoms with E-state index in [9.17, 15) is 20.3 Å². The summed E-state index contributed by atoms with van der Waals surface area (Å²) in [4.78, 5) is 12.2. The van der Waals surface area contributed by atoms with Gasteiger partial charge in [0, 0.05) is 25.2 Å². The molecule has 0 aliphatic rings. The van der Waals surface area contributed by atoms with E-state index in [1.165, 1.54) is 12.1 Å². The van der Waals surface area contributed by atoms with Crippen LogP contribution in [-0.4, -0.2) is 39.8 Å². The van der Waals surface area contributed by atoms with Gasteiger partial charge in [0.05, 0.1) is 24.2 Å². The Hall–Kier alpha value is -2.28. The zero-order chi connectivity index (χ0) is 16.7. The van der Waals surface area contributed by atoms with Gasteiger partial charge in [0.1, 0.15) is 0 Å². The molecule has 23 heavy (non-hydrogen) atoms. The molecule has 2 rings (SSSR count). The second-order valence-electron chi connectivity index (χ2n) is 5.23. The fourth-order valence-electron chi connectivity index (χ4n) is 2.54. The van der Waals surface area contributed by atoms with Crippen LogP contribution in [0, 0.1) is 10.1 Å². The molecule has 0 amide bonds. The van der Waals surface area contributed by atoms with Crippen LogP contribution >= 0.6 is 0 Å². The molecule has 0 aromatic heterocycles. The summed E-state index contributed by atoms with van der Waals surface area (Å²) in [5.74, 6) is 0. The molecular weight excluding hydrogens is 296 g/mol. The highest BCUT2D eigenvalue weighted by atomic mass is 16.6. The number of rotatable bonds is 8. The monoisotopic (exact) mass is 316 g/mol. The minimum absolute atomic E-state index is 0.0159. The van der Waals surface area contributed by atoms with Crippen LogP contribution < -0.4 is 0 Å². The van der Waals surface area contributed by atoms with Crippen molar-refractivity contribution in [2.45, 2.75) is 12.6 Å². The minimum Gasteiger partial charge on any atom is -0.395 e. The topological polar surface area (TPSA) is 86.8 Å². The SMILES string of the molecule is O=[N+]([O-])c1ccc([C@@H](CO)N(CCO)Cc2ccccc2)cc1. The number of nitro benzene ring substituents is 1. The highest BCUT2D eigenvalue weighted by Gasteiger charge is 2.20. The maximum atomic E-state index is 10.7. The third kappa shape index (κ3) is 4.59. The first-order chi connectivity index (χ1) is 11.2. The summed E-state index contributed by atoms with van der Waals surface area (Å²) in [6.07, 6.45) is 0. The number of hydrogen-bond donors (Lipinski definition) is 2. The van der Waals surface area contributed by atoms with Crippen molar-refractivity contribution in [3.63, 3.8) is 0 Å². The van der Waals surface area contributed by atoms with Gasteiger partial charge in [-0.15, -0.1) is 0 Å². The Morgan fingerprint density at radius 3 is 2.22 bits per heavy atom. The first-order valence-corrected chi connectivity index (χ1v) is 7.39. The van der Waals surface area contributed by atoms with E-state index >= 15 is 0 Å². The number of nitro groups is 1. The average Bonchev–Trinajstić information content (AvgIpc) is 2.57. The predicted octanol–water partition coefficient (Wildman–Crippen LogP) is 2.12. The van der Waals surface area contributed by atoms with Crippen LogP contribution in [0.4, 0.5) is 5.69 Å². The Morgan fingerprint density at radius 2 is 1.70 bits per heavy atom. The van der Waals surface area contributed by atoms with E-state index < -0.39 is 4.92 Å². The summed E-state index contributed by atoms with van der Waals surface area (Å²) < 4.78 is 0. The standard InChI is InChI=1S/C17H20N2O4/c20-11-10-18(12-14-4-2-1-3-5-14)17(13-21)15-6-8-16(9-7-15)19(22)23/h1-9,17,20-21H,10-13H2/t17-/m1/s1. The summed E-state index contributed by atoms with van der Waals surface area (Å²) in [6.45, 7) is 0.807. The van der Waals surface area contributed by atoms with Crippen molar-refractivity contribution >= 4 is 5.69 Å². The average molecular weight is 316 g/mol. The van der Waals surface area contributed by atoms with Crippen LogP contribution in [0.2, 0.25) is 0 Å². The summed E-state index contributed by atoms with van der Waals surface area (Å²) >= 11 is 0. The second kappa shape index (κ2) is 8.38. The normalized spacial score (nSPS) is 12.3. The van der Waals surface area contributed by atoms with E-state index in [1.54, 1.807) is 12.1 Å². The molecule has 0 aliphatic carbocycles. The lowest BCUT2D eigenvalue weighted by Gasteiger charge is -2.30. The quantitative estimate of drug-likeness (QED) is 0.575. The molecule has 0 radical (unpaired) electrons. The molecule has 2 aromatic carbocycles. The molecule has 0 saturated carbocycles. The number of aliphatic hydroxyl groups excluding tert-OH is 2. The molecule has 0 heterocycles. The highest BCUT2D eigenvalue weighted by molar-refractivity contribution is 5.34. The van der Waals surface area contributed by atoms with Crippen LogP contribution in [0.5, 0.6) is 0 Å². The molecule has 6 heteroatoms. The van der Waals surface area contributed by atoms with Crippen molar-refractivity contribution in [3.8, 4) is 0 Å². The number of nitrogens with zero attached hydrogens (tertiary/aromatic N) is 2. The summed E-state index contributed by atoms with van der Waals surface area (Å²) in [7, 11) is 0. The first-order valence-electron chi connectivity index (χ1n) is 7.39. The maximum absolute atomic E-state index is 10.7. The summed E-state index contributed by atoms with van der Waals surface area (Å²) in [5, 5.41) is 29.8. The number of hydrogen-bond acceptors (Lipinski definition) is 5. The molecule has 2 aromatic rings. The third-order valence-electron chi connectivity index (χ3n) is 3.72. The van der Waals surface area contributed by atoms with Crippen molar-refractivity contribution in [2.24, 2.45) is 0 Å². The van der Waals surface area contributed by atoms with Gasteiger partial charge in [0.25, 0.3) is 5.69 Å². The van der Waals surface area contributed by atoms with Gasteiger partial charge in [0.15, 0.2) is 0 Å². The number of aliphatic hydroxyl groups is 2. The van der Waals surface area contributed by atoms with Crippen molar-refractivity contribution in [1.29, 1.82) is 0 Å². The van der Waals surface area contributed by atoms with E-state index in [0.29, 0.717) is 13.1 Å². The zero-order valence-corrected chi connectivity index (χ0v) is 12.7. The molecule has 1 atom stereocenters.